The lowest BCUT2D eigenvalue weighted by molar-refractivity contribution is -0.125. The van der Waals surface area contributed by atoms with E-state index in [2.05, 4.69) is 10.6 Å². The highest BCUT2D eigenvalue weighted by Gasteiger charge is 2.43. The first-order valence-electron chi connectivity index (χ1n) is 11.0. The Labute approximate surface area is 203 Å². The summed E-state index contributed by atoms with van der Waals surface area (Å²) >= 11 is 12.4. The van der Waals surface area contributed by atoms with E-state index in [0.29, 0.717) is 5.69 Å². The average molecular weight is 510 g/mol. The van der Waals surface area contributed by atoms with Crippen molar-refractivity contribution in [3.63, 3.8) is 0 Å². The molecule has 1 saturated carbocycles. The van der Waals surface area contributed by atoms with E-state index < -0.39 is 22.0 Å². The van der Waals surface area contributed by atoms with Gasteiger partial charge in [-0.3, -0.25) is 13.9 Å². The number of amides is 2. The molecule has 1 aliphatic carbocycles. The lowest BCUT2D eigenvalue weighted by atomic mass is 10.1. The zero-order chi connectivity index (χ0) is 23.6. The summed E-state index contributed by atoms with van der Waals surface area (Å²) in [5, 5.41) is 5.59. The molecule has 0 radical (unpaired) electrons. The van der Waals surface area contributed by atoms with Gasteiger partial charge >= 0.3 is 0 Å². The molecule has 176 valence electrons. The van der Waals surface area contributed by atoms with Gasteiger partial charge in [0.1, 0.15) is 10.9 Å². The molecule has 10 heteroatoms. The van der Waals surface area contributed by atoms with Crippen molar-refractivity contribution in [1.29, 1.82) is 0 Å². The molecule has 2 N–H and O–H groups in total. The van der Waals surface area contributed by atoms with Crippen LogP contribution in [-0.2, 0) is 19.6 Å². The Kier molecular flexibility index (Phi) is 7.16. The Morgan fingerprint density at radius 1 is 1.00 bits per heavy atom. The predicted molar refractivity (Wildman–Crippen MR) is 129 cm³/mol. The minimum absolute atomic E-state index is 0.0296. The average Bonchev–Trinajstić information content (AvgIpc) is 3.02. The van der Waals surface area contributed by atoms with Crippen LogP contribution in [-0.4, -0.2) is 32.3 Å². The molecule has 1 aliphatic heterocycles. The van der Waals surface area contributed by atoms with Crippen molar-refractivity contribution in [3.8, 4) is 0 Å². The fraction of sp³-hybridized carbons (Fsp3) is 0.391. The number of para-hydroxylation sites is 2. The van der Waals surface area contributed by atoms with E-state index >= 15 is 0 Å². The number of hydrogen-bond acceptors (Lipinski definition) is 4. The number of sulfonamides is 1. The van der Waals surface area contributed by atoms with Crippen molar-refractivity contribution in [1.82, 2.24) is 5.32 Å². The number of carbonyl (C=O) groups is 2. The van der Waals surface area contributed by atoms with Crippen LogP contribution in [0.15, 0.2) is 47.4 Å². The zero-order valence-corrected chi connectivity index (χ0v) is 20.2. The number of carbonyl (C=O) groups excluding carboxylic acids is 2. The van der Waals surface area contributed by atoms with Gasteiger partial charge in [-0.25, -0.2) is 8.42 Å². The van der Waals surface area contributed by atoms with Crippen LogP contribution in [0.1, 0.15) is 44.9 Å². The van der Waals surface area contributed by atoms with Gasteiger partial charge in [0.2, 0.25) is 11.8 Å². The van der Waals surface area contributed by atoms with Crippen molar-refractivity contribution < 1.29 is 18.0 Å². The summed E-state index contributed by atoms with van der Waals surface area (Å²) in [5.74, 6) is -0.955. The molecule has 7 nitrogen and oxygen atoms in total. The molecule has 2 aromatic rings. The number of rotatable bonds is 5. The summed E-state index contributed by atoms with van der Waals surface area (Å²) < 4.78 is 28.6. The van der Waals surface area contributed by atoms with Crippen LogP contribution in [0.5, 0.6) is 0 Å². The maximum atomic E-state index is 13.8. The van der Waals surface area contributed by atoms with Crippen LogP contribution < -0.4 is 14.9 Å². The monoisotopic (exact) mass is 509 g/mol. The summed E-state index contributed by atoms with van der Waals surface area (Å²) in [6.45, 7) is 0. The Morgan fingerprint density at radius 3 is 2.30 bits per heavy atom. The summed E-state index contributed by atoms with van der Waals surface area (Å²) in [4.78, 5) is 25.7. The Balaban J connectivity index is 1.71. The van der Waals surface area contributed by atoms with E-state index in [1.54, 1.807) is 24.3 Å². The van der Waals surface area contributed by atoms with E-state index in [0.717, 1.165) is 42.8 Å². The molecule has 1 unspecified atom stereocenters. The number of nitrogens with one attached hydrogen (secondary N) is 2. The van der Waals surface area contributed by atoms with Crippen LogP contribution in [0.2, 0.25) is 10.0 Å². The van der Waals surface area contributed by atoms with E-state index in [-0.39, 0.29) is 39.0 Å². The van der Waals surface area contributed by atoms with Gasteiger partial charge in [0.05, 0.1) is 27.8 Å². The summed E-state index contributed by atoms with van der Waals surface area (Å²) in [5.41, 5.74) is 0.579. The SMILES string of the molecule is O=C(CC1C(=O)Nc2ccccc2N1S(=O)(=O)c1c(Cl)cccc1Cl)NC1CCCCCC1. The van der Waals surface area contributed by atoms with Crippen molar-refractivity contribution in [3.05, 3.63) is 52.5 Å². The lowest BCUT2D eigenvalue weighted by Crippen LogP contribution is -2.53. The Hall–Kier alpha value is -2.29. The van der Waals surface area contributed by atoms with Crippen molar-refractivity contribution >= 4 is 56.4 Å². The number of benzene rings is 2. The van der Waals surface area contributed by atoms with Crippen molar-refractivity contribution in [2.24, 2.45) is 0 Å². The second-order valence-electron chi connectivity index (χ2n) is 8.33. The standard InChI is InChI=1S/C23H25Cl2N3O4S/c24-16-10-7-11-17(25)22(16)33(31,32)28-19-13-6-5-12-18(19)27-23(30)20(28)14-21(29)26-15-8-3-1-2-4-9-15/h5-7,10-13,15,20H,1-4,8-9,14H2,(H,26,29)(H,27,30). The molecule has 4 rings (SSSR count). The minimum Gasteiger partial charge on any atom is -0.353 e. The van der Waals surface area contributed by atoms with Crippen molar-refractivity contribution in [2.45, 2.75) is 61.9 Å². The number of halogens is 2. The first-order chi connectivity index (χ1) is 15.8. The second kappa shape index (κ2) is 9.91. The Bertz CT molecular complexity index is 1140. The van der Waals surface area contributed by atoms with Gasteiger partial charge in [-0.1, -0.05) is 67.1 Å². The minimum atomic E-state index is -4.37. The van der Waals surface area contributed by atoms with Gasteiger partial charge < -0.3 is 10.6 Å². The van der Waals surface area contributed by atoms with Gasteiger partial charge in [0, 0.05) is 6.04 Å². The molecule has 1 heterocycles. The number of fused-ring (bicyclic) bond motifs is 1. The van der Waals surface area contributed by atoms with Gasteiger partial charge in [-0.2, -0.15) is 0 Å². The molecule has 0 spiro atoms. The molecule has 2 aromatic carbocycles. The molecule has 0 saturated heterocycles. The third-order valence-electron chi connectivity index (χ3n) is 6.02. The van der Waals surface area contributed by atoms with Crippen LogP contribution in [0, 0.1) is 0 Å². The predicted octanol–water partition coefficient (Wildman–Crippen LogP) is 4.74. The molecule has 1 fully saturated rings. The zero-order valence-electron chi connectivity index (χ0n) is 17.9. The number of anilines is 2. The molecular weight excluding hydrogens is 485 g/mol. The normalized spacial score (nSPS) is 19.4. The molecule has 0 bridgehead atoms. The van der Waals surface area contributed by atoms with Gasteiger partial charge in [-0.15, -0.1) is 0 Å². The first kappa shape index (κ1) is 23.9. The van der Waals surface area contributed by atoms with E-state index in [4.69, 9.17) is 23.2 Å². The lowest BCUT2D eigenvalue weighted by Gasteiger charge is -2.37. The van der Waals surface area contributed by atoms with Crippen molar-refractivity contribution in [2.75, 3.05) is 9.62 Å². The van der Waals surface area contributed by atoms with Crippen LogP contribution in [0.4, 0.5) is 11.4 Å². The number of nitrogens with zero attached hydrogens (tertiary/aromatic N) is 1. The van der Waals surface area contributed by atoms with Crippen LogP contribution >= 0.6 is 23.2 Å². The number of hydrogen-bond donors (Lipinski definition) is 2. The summed E-state index contributed by atoms with van der Waals surface area (Å²) in [7, 11) is -4.37. The highest BCUT2D eigenvalue weighted by atomic mass is 35.5. The smallest absolute Gasteiger partial charge is 0.268 e. The van der Waals surface area contributed by atoms with E-state index in [9.17, 15) is 18.0 Å². The second-order valence-corrected chi connectivity index (χ2v) is 10.9. The summed E-state index contributed by atoms with van der Waals surface area (Å²) in [6, 6.07) is 9.65. The quantitative estimate of drug-likeness (QED) is 0.569. The van der Waals surface area contributed by atoms with Crippen LogP contribution in [0.3, 0.4) is 0 Å². The largest absolute Gasteiger partial charge is 0.353 e. The topological polar surface area (TPSA) is 95.6 Å². The molecule has 2 amide bonds. The molecule has 33 heavy (non-hydrogen) atoms. The molecular formula is C23H25Cl2N3O4S. The highest BCUT2D eigenvalue weighted by Crippen LogP contribution is 2.40. The van der Waals surface area contributed by atoms with Gasteiger partial charge in [0.25, 0.3) is 10.0 Å². The maximum absolute atomic E-state index is 13.8. The third kappa shape index (κ3) is 4.98. The fourth-order valence-electron chi connectivity index (χ4n) is 4.45. The summed E-state index contributed by atoms with van der Waals surface area (Å²) in [6.07, 6.45) is 5.78. The highest BCUT2D eigenvalue weighted by molar-refractivity contribution is 7.93. The van der Waals surface area contributed by atoms with Crippen LogP contribution in [0.25, 0.3) is 0 Å². The first-order valence-corrected chi connectivity index (χ1v) is 13.2. The Morgan fingerprint density at radius 2 is 1.64 bits per heavy atom. The maximum Gasteiger partial charge on any atom is 0.268 e. The van der Waals surface area contributed by atoms with E-state index in [1.807, 2.05) is 0 Å². The third-order valence-corrected chi connectivity index (χ3v) is 8.80. The van der Waals surface area contributed by atoms with E-state index in [1.165, 1.54) is 18.2 Å². The van der Waals surface area contributed by atoms with Gasteiger partial charge in [0.15, 0.2) is 0 Å². The molecule has 0 aromatic heterocycles. The fourth-order valence-corrected chi connectivity index (χ4v) is 7.18. The van der Waals surface area contributed by atoms with Gasteiger partial charge in [-0.05, 0) is 37.1 Å². The molecule has 2 aliphatic rings. The molecule has 1 atom stereocenters.